The third kappa shape index (κ3) is 6.02. The van der Waals surface area contributed by atoms with Crippen LogP contribution in [0.2, 0.25) is 0 Å². The lowest BCUT2D eigenvalue weighted by atomic mass is 9.99. The summed E-state index contributed by atoms with van der Waals surface area (Å²) in [5.41, 5.74) is 0.383. The van der Waals surface area contributed by atoms with Crippen LogP contribution >= 0.6 is 0 Å². The van der Waals surface area contributed by atoms with E-state index in [0.717, 1.165) is 6.08 Å². The first kappa shape index (κ1) is 30.0. The van der Waals surface area contributed by atoms with E-state index >= 15 is 0 Å². The first-order chi connectivity index (χ1) is 18.0. The number of hydrogen-bond donors (Lipinski definition) is 8. The molecule has 3 rings (SSSR count). The van der Waals surface area contributed by atoms with Crippen molar-refractivity contribution >= 4 is 12.0 Å². The Morgan fingerprint density at radius 3 is 2.08 bits per heavy atom. The number of ether oxygens (including phenoxy) is 6. The number of carbonyl (C=O) groups excluding carboxylic acids is 1. The summed E-state index contributed by atoms with van der Waals surface area (Å²) < 4.78 is 31.5. The molecule has 0 bridgehead atoms. The molecule has 1 aromatic rings. The van der Waals surface area contributed by atoms with Gasteiger partial charge in [0.1, 0.15) is 49.3 Å². The highest BCUT2D eigenvalue weighted by molar-refractivity contribution is 5.87. The van der Waals surface area contributed by atoms with Crippen LogP contribution in [0.25, 0.3) is 6.08 Å². The van der Waals surface area contributed by atoms with E-state index in [1.807, 2.05) is 0 Å². The topological polar surface area (TPSA) is 234 Å². The summed E-state index contributed by atoms with van der Waals surface area (Å²) in [7, 11) is 2.65. The van der Waals surface area contributed by atoms with Gasteiger partial charge in [-0.3, -0.25) is 0 Å². The number of aliphatic hydroxyl groups is 7. The summed E-state index contributed by atoms with van der Waals surface area (Å²) >= 11 is 0. The summed E-state index contributed by atoms with van der Waals surface area (Å²) in [5.74, 6) is -3.46. The minimum absolute atomic E-state index is 0.0794. The highest BCUT2D eigenvalue weighted by Gasteiger charge is 2.59. The van der Waals surface area contributed by atoms with Crippen LogP contribution in [-0.4, -0.2) is 136 Å². The van der Waals surface area contributed by atoms with Crippen molar-refractivity contribution in [2.24, 2.45) is 0 Å². The molecule has 2 fully saturated rings. The molecule has 2 aliphatic heterocycles. The fourth-order valence-corrected chi connectivity index (χ4v) is 4.01. The molecule has 0 unspecified atom stereocenters. The smallest absolute Gasteiger partial charge is 0.330 e. The summed E-state index contributed by atoms with van der Waals surface area (Å²) in [4.78, 5) is 12.5. The molecule has 0 amide bonds. The van der Waals surface area contributed by atoms with Crippen LogP contribution in [0.5, 0.6) is 17.2 Å². The minimum atomic E-state index is -2.39. The van der Waals surface area contributed by atoms with Crippen molar-refractivity contribution in [3.63, 3.8) is 0 Å². The third-order valence-electron chi connectivity index (χ3n) is 6.18. The molecule has 0 aromatic heterocycles. The molecule has 0 aliphatic carbocycles. The lowest BCUT2D eigenvalue weighted by molar-refractivity contribution is -0.383. The second-order valence-electron chi connectivity index (χ2n) is 8.62. The Balaban J connectivity index is 1.79. The van der Waals surface area contributed by atoms with Crippen LogP contribution in [0.15, 0.2) is 18.2 Å². The highest BCUT2D eigenvalue weighted by atomic mass is 16.8. The summed E-state index contributed by atoms with van der Waals surface area (Å²) in [6.07, 6.45) is -11.4. The Bertz CT molecular complexity index is 959. The molecular formula is C23H32O15. The standard InChI is InChI=1S/C23H32O15/c1-33-11-5-10(6-12(34-2)16(11)27)3-4-15(26)35-9-23(21(32)18(29)14(8-25)37-23)38-22-20(31)19(30)17(28)13(7-24)36-22/h3-6,13-14,17-22,24-25,27-32H,7-9H2,1-2H3/t13-,14-,17-,18-,19+,20-,21+,22-,23+/m1/s1. The zero-order valence-electron chi connectivity index (χ0n) is 20.5. The number of esters is 1. The number of aliphatic hydroxyl groups excluding tert-OH is 7. The average Bonchev–Trinajstić information content (AvgIpc) is 3.16. The molecule has 8 N–H and O–H groups in total. The van der Waals surface area contributed by atoms with E-state index in [9.17, 15) is 45.6 Å². The Hall–Kier alpha value is -2.57. The molecule has 9 atom stereocenters. The van der Waals surface area contributed by atoms with Crippen LogP contribution in [0, 0.1) is 0 Å². The third-order valence-corrected chi connectivity index (χ3v) is 6.18. The van der Waals surface area contributed by atoms with Crippen LogP contribution in [-0.2, 0) is 23.7 Å². The van der Waals surface area contributed by atoms with E-state index in [1.54, 1.807) is 0 Å². The zero-order chi connectivity index (χ0) is 28.2. The Kier molecular flexibility index (Phi) is 9.88. The molecule has 0 radical (unpaired) electrons. The number of phenols is 1. The van der Waals surface area contributed by atoms with Crippen molar-refractivity contribution < 1.29 is 74.1 Å². The molecule has 2 saturated heterocycles. The van der Waals surface area contributed by atoms with E-state index in [0.29, 0.717) is 5.56 Å². The first-order valence-corrected chi connectivity index (χ1v) is 11.4. The van der Waals surface area contributed by atoms with Gasteiger partial charge in [0.25, 0.3) is 0 Å². The van der Waals surface area contributed by atoms with Crippen molar-refractivity contribution in [1.29, 1.82) is 0 Å². The van der Waals surface area contributed by atoms with Gasteiger partial charge in [0, 0.05) is 6.08 Å². The molecule has 0 saturated carbocycles. The number of benzene rings is 1. The maximum absolute atomic E-state index is 12.5. The SMILES string of the molecule is COc1cc(C=CC(=O)OC[C@@]2(O[C@H]3O[C@H](CO)[C@@H](O)[C@H](O)[C@H]3O)O[C@H](CO)[C@@H](O)[C@@H]2O)cc(OC)c1O. The van der Waals surface area contributed by atoms with E-state index in [-0.39, 0.29) is 17.2 Å². The second kappa shape index (κ2) is 12.5. The maximum atomic E-state index is 12.5. The number of aromatic hydroxyl groups is 1. The molecule has 0 spiro atoms. The summed E-state index contributed by atoms with van der Waals surface area (Å²) in [5, 5.41) is 80.2. The van der Waals surface area contributed by atoms with E-state index in [1.165, 1.54) is 32.4 Å². The normalized spacial score (nSPS) is 35.4. The summed E-state index contributed by atoms with van der Waals surface area (Å²) in [6.45, 7) is -2.42. The van der Waals surface area contributed by atoms with Crippen LogP contribution in [0.4, 0.5) is 0 Å². The van der Waals surface area contributed by atoms with E-state index in [2.05, 4.69) is 0 Å². The largest absolute Gasteiger partial charge is 0.502 e. The lowest BCUT2D eigenvalue weighted by Crippen LogP contribution is -2.62. The van der Waals surface area contributed by atoms with Crippen LogP contribution in [0.1, 0.15) is 5.56 Å². The number of carbonyl (C=O) groups is 1. The first-order valence-electron chi connectivity index (χ1n) is 11.4. The molecule has 2 heterocycles. The monoisotopic (exact) mass is 548 g/mol. The number of methoxy groups -OCH3 is 2. The molecule has 1 aromatic carbocycles. The quantitative estimate of drug-likeness (QED) is 0.105. The van der Waals surface area contributed by atoms with Crippen molar-refractivity contribution in [3.05, 3.63) is 23.8 Å². The van der Waals surface area contributed by atoms with Crippen LogP contribution in [0.3, 0.4) is 0 Å². The van der Waals surface area contributed by atoms with Crippen molar-refractivity contribution in [3.8, 4) is 17.2 Å². The van der Waals surface area contributed by atoms with Crippen molar-refractivity contribution in [1.82, 2.24) is 0 Å². The molecule has 214 valence electrons. The average molecular weight is 548 g/mol. The molecule has 15 heteroatoms. The Morgan fingerprint density at radius 1 is 0.947 bits per heavy atom. The minimum Gasteiger partial charge on any atom is -0.502 e. The van der Waals surface area contributed by atoms with Crippen molar-refractivity contribution in [2.75, 3.05) is 34.0 Å². The van der Waals surface area contributed by atoms with Gasteiger partial charge < -0.3 is 69.3 Å². The molecule has 2 aliphatic rings. The van der Waals surface area contributed by atoms with E-state index in [4.69, 9.17) is 28.4 Å². The molecule has 15 nitrogen and oxygen atoms in total. The number of hydrogen-bond acceptors (Lipinski definition) is 15. The predicted molar refractivity (Wildman–Crippen MR) is 123 cm³/mol. The fraction of sp³-hybridized carbons (Fsp3) is 0.609. The van der Waals surface area contributed by atoms with Gasteiger partial charge in [-0.2, -0.15) is 0 Å². The van der Waals surface area contributed by atoms with Crippen molar-refractivity contribution in [2.45, 2.75) is 54.8 Å². The van der Waals surface area contributed by atoms with Gasteiger partial charge in [-0.1, -0.05) is 0 Å². The van der Waals surface area contributed by atoms with Gasteiger partial charge in [-0.15, -0.1) is 0 Å². The van der Waals surface area contributed by atoms with Gasteiger partial charge >= 0.3 is 5.97 Å². The molecular weight excluding hydrogens is 516 g/mol. The zero-order valence-corrected chi connectivity index (χ0v) is 20.5. The summed E-state index contributed by atoms with van der Waals surface area (Å²) in [6, 6.07) is 2.83. The Morgan fingerprint density at radius 2 is 1.55 bits per heavy atom. The van der Waals surface area contributed by atoms with Gasteiger partial charge in [0.05, 0.1) is 27.4 Å². The van der Waals surface area contributed by atoms with Gasteiger partial charge in [-0.25, -0.2) is 4.79 Å². The lowest BCUT2D eigenvalue weighted by Gasteiger charge is -2.43. The van der Waals surface area contributed by atoms with Gasteiger partial charge in [0.15, 0.2) is 17.8 Å². The molecule has 38 heavy (non-hydrogen) atoms. The second-order valence-corrected chi connectivity index (χ2v) is 8.62. The number of phenolic OH excluding ortho intramolecular Hbond substituents is 1. The van der Waals surface area contributed by atoms with E-state index < -0.39 is 80.6 Å². The fourth-order valence-electron chi connectivity index (χ4n) is 4.01. The van der Waals surface area contributed by atoms with Crippen LogP contribution < -0.4 is 9.47 Å². The Labute approximate surface area is 216 Å². The highest BCUT2D eigenvalue weighted by Crippen LogP contribution is 2.38. The van der Waals surface area contributed by atoms with Gasteiger partial charge in [-0.05, 0) is 23.8 Å². The number of rotatable bonds is 10. The van der Waals surface area contributed by atoms with Gasteiger partial charge in [0.2, 0.25) is 11.5 Å². The maximum Gasteiger partial charge on any atom is 0.330 e. The predicted octanol–water partition coefficient (Wildman–Crippen LogP) is -3.41.